The molecule has 0 amide bonds. The molecule has 170 valence electrons. The van der Waals surface area contributed by atoms with Crippen LogP contribution in [0.25, 0.3) is 26.2 Å². The molecule has 3 aromatic heterocycles. The summed E-state index contributed by atoms with van der Waals surface area (Å²) in [5.74, 6) is 0.853. The van der Waals surface area contributed by atoms with Gasteiger partial charge in [0.05, 0.1) is 23.6 Å². The second kappa shape index (κ2) is 8.27. The van der Waals surface area contributed by atoms with Crippen LogP contribution in [0.15, 0.2) is 59.7 Å². The van der Waals surface area contributed by atoms with Gasteiger partial charge in [0.2, 0.25) is 0 Å². The van der Waals surface area contributed by atoms with Gasteiger partial charge in [-0.25, -0.2) is 4.98 Å². The van der Waals surface area contributed by atoms with Crippen molar-refractivity contribution in [3.05, 3.63) is 70.8 Å². The summed E-state index contributed by atoms with van der Waals surface area (Å²) in [5.41, 5.74) is 0.176. The number of nitrogens with zero attached hydrogens (tertiary/aromatic N) is 4. The number of pyridine rings is 1. The molecule has 1 N–H and O–H groups in total. The van der Waals surface area contributed by atoms with Gasteiger partial charge in [0, 0.05) is 29.4 Å². The maximum Gasteiger partial charge on any atom is 0.416 e. The van der Waals surface area contributed by atoms with Crippen molar-refractivity contribution in [1.29, 1.82) is 0 Å². The third-order valence-corrected chi connectivity index (χ3v) is 7.04. The number of fused-ring (bicyclic) bond motifs is 1. The lowest BCUT2D eigenvalue weighted by Gasteiger charge is -2.17. The average molecular weight is 472 g/mol. The van der Waals surface area contributed by atoms with E-state index in [1.54, 1.807) is 18.5 Å². The van der Waals surface area contributed by atoms with Crippen LogP contribution in [0.2, 0.25) is 0 Å². The van der Waals surface area contributed by atoms with E-state index in [0.717, 1.165) is 37.5 Å². The fourth-order valence-corrected chi connectivity index (χ4v) is 5.04. The molecule has 33 heavy (non-hydrogen) atoms. The molecule has 4 heterocycles. The van der Waals surface area contributed by atoms with Crippen LogP contribution in [-0.4, -0.2) is 40.9 Å². The van der Waals surface area contributed by atoms with Crippen molar-refractivity contribution in [2.45, 2.75) is 18.6 Å². The second-order valence-electron chi connectivity index (χ2n) is 7.93. The summed E-state index contributed by atoms with van der Waals surface area (Å²) < 4.78 is 40.3. The van der Waals surface area contributed by atoms with Gasteiger partial charge in [-0.15, -0.1) is 11.3 Å². The smallest absolute Gasteiger partial charge is 0.355 e. The largest absolute Gasteiger partial charge is 0.416 e. The number of benzene rings is 1. The Labute approximate surface area is 191 Å². The normalized spacial score (nSPS) is 16.6. The van der Waals surface area contributed by atoms with Crippen LogP contribution in [0.3, 0.4) is 0 Å². The van der Waals surface area contributed by atoms with Gasteiger partial charge in [0.25, 0.3) is 5.56 Å². The Morgan fingerprint density at radius 1 is 1.12 bits per heavy atom. The van der Waals surface area contributed by atoms with Gasteiger partial charge in [-0.1, -0.05) is 12.1 Å². The van der Waals surface area contributed by atoms with Gasteiger partial charge in [-0.3, -0.25) is 4.79 Å². The summed E-state index contributed by atoms with van der Waals surface area (Å²) >= 11 is 1.24. The first kappa shape index (κ1) is 21.6. The van der Waals surface area contributed by atoms with E-state index in [-0.39, 0.29) is 5.56 Å². The molecule has 0 spiro atoms. The van der Waals surface area contributed by atoms with Crippen LogP contribution in [0.4, 0.5) is 19.0 Å². The van der Waals surface area contributed by atoms with Gasteiger partial charge in [-0.05, 0) is 49.4 Å². The average Bonchev–Trinajstić information content (AvgIpc) is 3.47. The van der Waals surface area contributed by atoms with E-state index in [2.05, 4.69) is 20.3 Å². The predicted molar refractivity (Wildman–Crippen MR) is 123 cm³/mol. The minimum atomic E-state index is -4.39. The van der Waals surface area contributed by atoms with E-state index in [1.807, 2.05) is 19.2 Å². The molecule has 1 aliphatic heterocycles. The quantitative estimate of drug-likeness (QED) is 0.480. The number of alkyl halides is 3. The van der Waals surface area contributed by atoms with E-state index in [1.165, 1.54) is 28.2 Å². The Bertz CT molecular complexity index is 1350. The van der Waals surface area contributed by atoms with Crippen molar-refractivity contribution in [1.82, 2.24) is 20.1 Å². The minimum absolute atomic E-state index is 0.290. The van der Waals surface area contributed by atoms with E-state index in [9.17, 15) is 18.0 Å². The summed E-state index contributed by atoms with van der Waals surface area (Å²) in [7, 11) is 1.95. The highest BCUT2D eigenvalue weighted by Crippen LogP contribution is 2.34. The summed E-state index contributed by atoms with van der Waals surface area (Å²) in [6.45, 7) is 1.80. The molecule has 6 nitrogen and oxygen atoms in total. The first-order valence-corrected chi connectivity index (χ1v) is 11.2. The Hall–Kier alpha value is -3.24. The van der Waals surface area contributed by atoms with Crippen LogP contribution in [-0.2, 0) is 6.18 Å². The van der Waals surface area contributed by atoms with Crippen LogP contribution in [0.1, 0.15) is 12.0 Å². The number of likely N-dealkylation sites (N-methyl/N-ethyl adjacent to an activating group) is 1. The molecule has 0 aliphatic carbocycles. The Balaban J connectivity index is 1.44. The number of rotatable bonds is 4. The Kier molecular flexibility index (Phi) is 5.41. The number of halogens is 3. The molecular formula is C23H20F3N5OS. The van der Waals surface area contributed by atoms with E-state index in [0.29, 0.717) is 32.3 Å². The summed E-state index contributed by atoms with van der Waals surface area (Å²) in [6, 6.07) is 10.8. The predicted octanol–water partition coefficient (Wildman–Crippen LogP) is 4.33. The zero-order chi connectivity index (χ0) is 23.2. The summed E-state index contributed by atoms with van der Waals surface area (Å²) in [4.78, 5) is 20.5. The zero-order valence-corrected chi connectivity index (χ0v) is 18.5. The molecular weight excluding hydrogens is 451 g/mol. The van der Waals surface area contributed by atoms with Crippen molar-refractivity contribution in [3.8, 4) is 16.1 Å². The molecule has 1 fully saturated rings. The lowest BCUT2D eigenvalue weighted by molar-refractivity contribution is -0.137. The van der Waals surface area contributed by atoms with Crippen molar-refractivity contribution < 1.29 is 13.2 Å². The van der Waals surface area contributed by atoms with E-state index < -0.39 is 11.7 Å². The summed E-state index contributed by atoms with van der Waals surface area (Å²) in [6.07, 6.45) is -0.111. The standard InChI is InChI=1S/C23H20F3N5OS/c1-27-17-8-9-30(13-17)20-7-6-18(12-28-20)31-22(32)21-15(11-29-31)10-19(33-21)14-2-4-16(5-3-14)23(24,25)26/h2-7,10-12,17,27H,8-9,13H2,1H3/t17-/m1/s1. The highest BCUT2D eigenvalue weighted by atomic mass is 32.1. The fourth-order valence-electron chi connectivity index (χ4n) is 3.98. The first-order valence-electron chi connectivity index (χ1n) is 10.4. The number of hydrogen-bond acceptors (Lipinski definition) is 6. The van der Waals surface area contributed by atoms with Gasteiger partial charge in [0.15, 0.2) is 0 Å². The molecule has 1 aromatic carbocycles. The molecule has 5 rings (SSSR count). The molecule has 0 saturated carbocycles. The van der Waals surface area contributed by atoms with Crippen molar-refractivity contribution >= 4 is 27.2 Å². The molecule has 0 bridgehead atoms. The number of nitrogens with one attached hydrogen (secondary N) is 1. The maximum atomic E-state index is 13.1. The van der Waals surface area contributed by atoms with Crippen LogP contribution >= 0.6 is 11.3 Å². The number of aromatic nitrogens is 3. The molecule has 1 saturated heterocycles. The summed E-state index contributed by atoms with van der Waals surface area (Å²) in [5, 5.41) is 8.20. The lowest BCUT2D eigenvalue weighted by Crippen LogP contribution is -2.29. The molecule has 1 aliphatic rings. The van der Waals surface area contributed by atoms with Crippen LogP contribution < -0.4 is 15.8 Å². The van der Waals surface area contributed by atoms with Gasteiger partial charge >= 0.3 is 6.18 Å². The van der Waals surface area contributed by atoms with Gasteiger partial charge in [-0.2, -0.15) is 23.0 Å². The highest BCUT2D eigenvalue weighted by Gasteiger charge is 2.30. The van der Waals surface area contributed by atoms with Crippen molar-refractivity contribution in [2.24, 2.45) is 0 Å². The monoisotopic (exact) mass is 471 g/mol. The van der Waals surface area contributed by atoms with E-state index >= 15 is 0 Å². The maximum absolute atomic E-state index is 13.1. The fraction of sp³-hybridized carbons (Fsp3) is 0.261. The number of thiophene rings is 1. The SMILES string of the molecule is CN[C@@H]1CCN(c2ccc(-n3ncc4cc(-c5ccc(C(F)(F)F)cc5)sc4c3=O)cn2)C1. The first-order chi connectivity index (χ1) is 15.8. The second-order valence-corrected chi connectivity index (χ2v) is 8.98. The molecule has 10 heteroatoms. The molecule has 0 unspecified atom stereocenters. The van der Waals surface area contributed by atoms with E-state index in [4.69, 9.17) is 0 Å². The third-order valence-electron chi connectivity index (χ3n) is 5.85. The third kappa shape index (κ3) is 4.11. The number of hydrogen-bond donors (Lipinski definition) is 1. The van der Waals surface area contributed by atoms with Crippen molar-refractivity contribution in [2.75, 3.05) is 25.0 Å². The van der Waals surface area contributed by atoms with Crippen LogP contribution in [0, 0.1) is 0 Å². The molecule has 4 aromatic rings. The van der Waals surface area contributed by atoms with Crippen LogP contribution in [0.5, 0.6) is 0 Å². The van der Waals surface area contributed by atoms with Gasteiger partial charge in [0.1, 0.15) is 10.5 Å². The molecule has 1 atom stereocenters. The Morgan fingerprint density at radius 2 is 1.91 bits per heavy atom. The highest BCUT2D eigenvalue weighted by molar-refractivity contribution is 7.22. The minimum Gasteiger partial charge on any atom is -0.355 e. The lowest BCUT2D eigenvalue weighted by atomic mass is 10.1. The van der Waals surface area contributed by atoms with Crippen molar-refractivity contribution in [3.63, 3.8) is 0 Å². The number of anilines is 1. The zero-order valence-electron chi connectivity index (χ0n) is 17.6. The van der Waals surface area contributed by atoms with Gasteiger partial charge < -0.3 is 10.2 Å². The Morgan fingerprint density at radius 3 is 2.55 bits per heavy atom. The topological polar surface area (TPSA) is 63.1 Å². The molecule has 0 radical (unpaired) electrons.